The van der Waals surface area contributed by atoms with Crippen LogP contribution in [0.15, 0.2) is 42.5 Å². The van der Waals surface area contributed by atoms with Gasteiger partial charge >= 0.3 is 0 Å². The minimum Gasteiger partial charge on any atom is -0.373 e. The third-order valence-corrected chi connectivity index (χ3v) is 5.14. The fourth-order valence-corrected chi connectivity index (χ4v) is 4.31. The Bertz CT molecular complexity index is 450. The molecule has 4 rings (SSSR count). The maximum Gasteiger partial charge on any atom is 0.0721 e. The summed E-state index contributed by atoms with van der Waals surface area (Å²) in [6.45, 7) is 0.779. The van der Waals surface area contributed by atoms with Crippen LogP contribution in [-0.4, -0.2) is 6.10 Å². The maximum absolute atomic E-state index is 6.28. The molecule has 0 radical (unpaired) electrons. The van der Waals surface area contributed by atoms with E-state index in [0.29, 0.717) is 12.0 Å². The van der Waals surface area contributed by atoms with Crippen molar-refractivity contribution in [2.45, 2.75) is 32.0 Å². The first-order valence-corrected chi connectivity index (χ1v) is 7.24. The van der Waals surface area contributed by atoms with Gasteiger partial charge in [0.1, 0.15) is 0 Å². The number of ether oxygens (including phenoxy) is 1. The van der Waals surface area contributed by atoms with Crippen LogP contribution in [0.5, 0.6) is 0 Å². The Balaban J connectivity index is 1.47. The van der Waals surface area contributed by atoms with Crippen molar-refractivity contribution in [2.75, 3.05) is 0 Å². The number of hydrogen-bond donors (Lipinski definition) is 0. The lowest BCUT2D eigenvalue weighted by Crippen LogP contribution is -2.35. The highest BCUT2D eigenvalue weighted by Crippen LogP contribution is 2.53. The summed E-state index contributed by atoms with van der Waals surface area (Å²) in [4.78, 5) is 0. The lowest BCUT2D eigenvalue weighted by atomic mass is 9.74. The van der Waals surface area contributed by atoms with Crippen molar-refractivity contribution >= 4 is 0 Å². The molecule has 3 bridgehead atoms. The Kier molecular flexibility index (Phi) is 2.54. The van der Waals surface area contributed by atoms with Gasteiger partial charge in [-0.25, -0.2) is 0 Å². The average molecular weight is 240 g/mol. The monoisotopic (exact) mass is 240 g/mol. The third kappa shape index (κ3) is 1.73. The van der Waals surface area contributed by atoms with Gasteiger partial charge in [-0.05, 0) is 42.6 Å². The zero-order valence-corrected chi connectivity index (χ0v) is 10.7. The van der Waals surface area contributed by atoms with E-state index in [1.807, 2.05) is 0 Å². The minimum atomic E-state index is 0.477. The van der Waals surface area contributed by atoms with E-state index in [0.717, 1.165) is 24.4 Å². The van der Waals surface area contributed by atoms with Gasteiger partial charge in [0.25, 0.3) is 0 Å². The maximum atomic E-state index is 6.28. The van der Waals surface area contributed by atoms with E-state index < -0.39 is 0 Å². The summed E-state index contributed by atoms with van der Waals surface area (Å²) in [5.41, 5.74) is 1.30. The Labute approximate surface area is 109 Å². The molecule has 0 spiro atoms. The third-order valence-electron chi connectivity index (χ3n) is 5.14. The zero-order chi connectivity index (χ0) is 11.9. The van der Waals surface area contributed by atoms with Gasteiger partial charge < -0.3 is 4.74 Å². The second-order valence-corrected chi connectivity index (χ2v) is 6.20. The Morgan fingerprint density at radius 1 is 0.889 bits per heavy atom. The molecule has 0 aromatic heterocycles. The van der Waals surface area contributed by atoms with Gasteiger partial charge in [-0.3, -0.25) is 0 Å². The van der Waals surface area contributed by atoms with Gasteiger partial charge in [-0.15, -0.1) is 0 Å². The first-order chi connectivity index (χ1) is 8.90. The standard InChI is InChI=1S/C17H20O/c1-2-4-12(5-3-1)11-18-17-14-7-6-13-8-16(17)10-15(13)9-14/h1-7,13-17H,8-11H2. The van der Waals surface area contributed by atoms with Crippen LogP contribution in [0.1, 0.15) is 24.8 Å². The molecule has 3 aliphatic rings. The summed E-state index contributed by atoms with van der Waals surface area (Å²) in [6, 6.07) is 10.6. The molecule has 2 saturated carbocycles. The molecule has 0 aliphatic heterocycles. The van der Waals surface area contributed by atoms with Crippen LogP contribution in [0.4, 0.5) is 0 Å². The number of benzene rings is 1. The fraction of sp³-hybridized carbons (Fsp3) is 0.529. The molecule has 2 fully saturated rings. The predicted octanol–water partition coefficient (Wildman–Crippen LogP) is 3.80. The van der Waals surface area contributed by atoms with Crippen LogP contribution in [0.25, 0.3) is 0 Å². The van der Waals surface area contributed by atoms with Crippen LogP contribution in [-0.2, 0) is 11.3 Å². The average Bonchev–Trinajstić information content (AvgIpc) is 2.69. The molecule has 3 aliphatic carbocycles. The van der Waals surface area contributed by atoms with Gasteiger partial charge in [0.05, 0.1) is 12.7 Å². The second kappa shape index (κ2) is 4.24. The van der Waals surface area contributed by atoms with E-state index in [4.69, 9.17) is 4.74 Å². The topological polar surface area (TPSA) is 9.23 Å². The van der Waals surface area contributed by atoms with E-state index >= 15 is 0 Å². The summed E-state index contributed by atoms with van der Waals surface area (Å²) in [5.74, 6) is 3.35. The van der Waals surface area contributed by atoms with Crippen LogP contribution in [0.2, 0.25) is 0 Å². The lowest BCUT2D eigenvalue weighted by molar-refractivity contribution is -0.0411. The second-order valence-electron chi connectivity index (χ2n) is 6.20. The van der Waals surface area contributed by atoms with Gasteiger partial charge in [0.15, 0.2) is 0 Å². The Morgan fingerprint density at radius 2 is 1.67 bits per heavy atom. The largest absolute Gasteiger partial charge is 0.373 e. The number of hydrogen-bond acceptors (Lipinski definition) is 1. The van der Waals surface area contributed by atoms with E-state index in [2.05, 4.69) is 42.5 Å². The molecule has 1 aromatic carbocycles. The summed E-state index contributed by atoms with van der Waals surface area (Å²) in [7, 11) is 0. The molecule has 1 nitrogen and oxygen atoms in total. The molecule has 0 saturated heterocycles. The molecule has 0 heterocycles. The van der Waals surface area contributed by atoms with Crippen LogP contribution in [0, 0.1) is 23.7 Å². The molecule has 5 unspecified atom stereocenters. The van der Waals surface area contributed by atoms with Gasteiger partial charge in [0.2, 0.25) is 0 Å². The predicted molar refractivity (Wildman–Crippen MR) is 72.0 cm³/mol. The molecular formula is C17H20O. The van der Waals surface area contributed by atoms with Gasteiger partial charge in [-0.2, -0.15) is 0 Å². The quantitative estimate of drug-likeness (QED) is 0.730. The Morgan fingerprint density at radius 3 is 2.56 bits per heavy atom. The summed E-state index contributed by atoms with van der Waals surface area (Å²) < 4.78 is 6.28. The van der Waals surface area contributed by atoms with Gasteiger partial charge in [0, 0.05) is 5.92 Å². The molecule has 18 heavy (non-hydrogen) atoms. The van der Waals surface area contributed by atoms with Crippen LogP contribution >= 0.6 is 0 Å². The molecule has 0 amide bonds. The normalized spacial score (nSPS) is 40.3. The first-order valence-electron chi connectivity index (χ1n) is 7.24. The minimum absolute atomic E-state index is 0.477. The summed E-state index contributed by atoms with van der Waals surface area (Å²) in [6.07, 6.45) is 9.55. The molecule has 1 aromatic rings. The number of allylic oxidation sites excluding steroid dienone is 1. The van der Waals surface area contributed by atoms with E-state index in [-0.39, 0.29) is 0 Å². The van der Waals surface area contributed by atoms with Crippen molar-refractivity contribution in [3.63, 3.8) is 0 Å². The van der Waals surface area contributed by atoms with Crippen molar-refractivity contribution in [3.05, 3.63) is 48.0 Å². The van der Waals surface area contributed by atoms with E-state index in [1.54, 1.807) is 0 Å². The van der Waals surface area contributed by atoms with Crippen molar-refractivity contribution in [3.8, 4) is 0 Å². The molecule has 5 atom stereocenters. The Hall–Kier alpha value is -1.08. The van der Waals surface area contributed by atoms with Crippen LogP contribution < -0.4 is 0 Å². The van der Waals surface area contributed by atoms with Gasteiger partial charge in [-0.1, -0.05) is 42.5 Å². The summed E-state index contributed by atoms with van der Waals surface area (Å²) in [5, 5.41) is 0. The zero-order valence-electron chi connectivity index (χ0n) is 10.7. The van der Waals surface area contributed by atoms with Crippen molar-refractivity contribution in [1.82, 2.24) is 0 Å². The fourth-order valence-electron chi connectivity index (χ4n) is 4.31. The lowest BCUT2D eigenvalue weighted by Gasteiger charge is -2.37. The molecular weight excluding hydrogens is 220 g/mol. The molecule has 94 valence electrons. The van der Waals surface area contributed by atoms with Crippen molar-refractivity contribution < 1.29 is 4.74 Å². The number of fused-ring (bicyclic) bond motifs is 2. The SMILES string of the molecule is C1=CC2CC3CC(CC13)C2OCc1ccccc1. The highest BCUT2D eigenvalue weighted by molar-refractivity contribution is 5.15. The van der Waals surface area contributed by atoms with E-state index in [1.165, 1.54) is 24.8 Å². The molecule has 1 heteroatoms. The molecule has 0 N–H and O–H groups in total. The van der Waals surface area contributed by atoms with Crippen LogP contribution in [0.3, 0.4) is 0 Å². The number of rotatable bonds is 3. The highest BCUT2D eigenvalue weighted by atomic mass is 16.5. The van der Waals surface area contributed by atoms with Crippen molar-refractivity contribution in [1.29, 1.82) is 0 Å². The van der Waals surface area contributed by atoms with Crippen molar-refractivity contribution in [2.24, 2.45) is 23.7 Å². The summed E-state index contributed by atoms with van der Waals surface area (Å²) >= 11 is 0. The first kappa shape index (κ1) is 10.8. The smallest absolute Gasteiger partial charge is 0.0721 e. The van der Waals surface area contributed by atoms with E-state index in [9.17, 15) is 0 Å². The highest BCUT2D eigenvalue weighted by Gasteiger charge is 2.47.